The van der Waals surface area contributed by atoms with Crippen LogP contribution in [0.5, 0.6) is 0 Å². The molecule has 3 aromatic heterocycles. The summed E-state index contributed by atoms with van der Waals surface area (Å²) in [5.74, 6) is 0.463. The first-order valence-corrected chi connectivity index (χ1v) is 10.6. The molecule has 0 fully saturated rings. The van der Waals surface area contributed by atoms with Crippen LogP contribution in [0.1, 0.15) is 17.8 Å². The lowest BCUT2D eigenvalue weighted by Crippen LogP contribution is -2.26. The SMILES string of the molecule is O=C(CCc1c(-c2ccccc2)[nH]c2ccc(F)cc12)NCCc1nnc2ccccn12. The summed E-state index contributed by atoms with van der Waals surface area (Å²) in [6.45, 7) is 0.475. The van der Waals surface area contributed by atoms with Crippen molar-refractivity contribution in [2.45, 2.75) is 19.3 Å². The van der Waals surface area contributed by atoms with Crippen LogP contribution >= 0.6 is 0 Å². The van der Waals surface area contributed by atoms with Crippen LogP contribution in [0.4, 0.5) is 4.39 Å². The number of halogens is 1. The van der Waals surface area contributed by atoms with Gasteiger partial charge < -0.3 is 10.3 Å². The van der Waals surface area contributed by atoms with Crippen molar-refractivity contribution in [2.24, 2.45) is 0 Å². The third-order valence-corrected chi connectivity index (χ3v) is 5.59. The van der Waals surface area contributed by atoms with Gasteiger partial charge in [-0.05, 0) is 47.9 Å². The van der Waals surface area contributed by atoms with Gasteiger partial charge >= 0.3 is 0 Å². The Morgan fingerprint density at radius 3 is 2.72 bits per heavy atom. The molecule has 0 bridgehead atoms. The van der Waals surface area contributed by atoms with Gasteiger partial charge in [-0.25, -0.2) is 4.39 Å². The van der Waals surface area contributed by atoms with Crippen molar-refractivity contribution in [3.63, 3.8) is 0 Å². The normalized spacial score (nSPS) is 11.3. The number of benzene rings is 2. The molecule has 0 aliphatic heterocycles. The van der Waals surface area contributed by atoms with E-state index in [9.17, 15) is 9.18 Å². The third kappa shape index (κ3) is 3.97. The number of aromatic amines is 1. The topological polar surface area (TPSA) is 75.1 Å². The Morgan fingerprint density at radius 1 is 1.00 bits per heavy atom. The zero-order valence-electron chi connectivity index (χ0n) is 17.4. The Hall–Kier alpha value is -4.00. The number of fused-ring (bicyclic) bond motifs is 2. The van der Waals surface area contributed by atoms with Gasteiger partial charge in [0.2, 0.25) is 5.91 Å². The minimum atomic E-state index is -0.289. The predicted molar refractivity (Wildman–Crippen MR) is 122 cm³/mol. The van der Waals surface area contributed by atoms with E-state index in [0.717, 1.165) is 39.2 Å². The van der Waals surface area contributed by atoms with Gasteiger partial charge in [0.15, 0.2) is 5.65 Å². The molecule has 32 heavy (non-hydrogen) atoms. The highest BCUT2D eigenvalue weighted by molar-refractivity contribution is 5.91. The van der Waals surface area contributed by atoms with E-state index < -0.39 is 0 Å². The summed E-state index contributed by atoms with van der Waals surface area (Å²) in [5, 5.41) is 12.1. The number of carbonyl (C=O) groups is 1. The van der Waals surface area contributed by atoms with Gasteiger partial charge in [-0.15, -0.1) is 10.2 Å². The average molecular weight is 427 g/mol. The van der Waals surface area contributed by atoms with E-state index in [-0.39, 0.29) is 11.7 Å². The monoisotopic (exact) mass is 427 g/mol. The molecule has 0 aliphatic rings. The Labute approximate surface area is 184 Å². The Bertz CT molecular complexity index is 1390. The molecule has 0 atom stereocenters. The van der Waals surface area contributed by atoms with Crippen molar-refractivity contribution in [1.82, 2.24) is 24.9 Å². The van der Waals surface area contributed by atoms with Crippen molar-refractivity contribution in [1.29, 1.82) is 0 Å². The summed E-state index contributed by atoms with van der Waals surface area (Å²) in [6, 6.07) is 20.3. The lowest BCUT2D eigenvalue weighted by Gasteiger charge is -2.07. The molecule has 1 amide bonds. The van der Waals surface area contributed by atoms with E-state index >= 15 is 0 Å². The van der Waals surface area contributed by atoms with E-state index in [1.807, 2.05) is 59.1 Å². The fourth-order valence-corrected chi connectivity index (χ4v) is 4.03. The highest BCUT2D eigenvalue weighted by Gasteiger charge is 2.15. The standard InChI is InChI=1S/C25H22FN5O/c26-18-9-11-21-20(16-18)19(25(28-21)17-6-2-1-3-7-17)10-12-24(32)27-14-13-23-30-29-22-8-4-5-15-31(22)23/h1-9,11,15-16,28H,10,12-14H2,(H,27,32). The fraction of sp³-hybridized carbons (Fsp3) is 0.160. The maximum absolute atomic E-state index is 13.9. The lowest BCUT2D eigenvalue weighted by molar-refractivity contribution is -0.121. The molecule has 5 rings (SSSR count). The second kappa shape index (κ2) is 8.63. The molecule has 160 valence electrons. The van der Waals surface area contributed by atoms with Gasteiger partial charge in [0.05, 0.1) is 0 Å². The van der Waals surface area contributed by atoms with E-state index in [1.165, 1.54) is 12.1 Å². The molecule has 0 spiro atoms. The van der Waals surface area contributed by atoms with Crippen molar-refractivity contribution in [3.8, 4) is 11.3 Å². The van der Waals surface area contributed by atoms with E-state index in [4.69, 9.17) is 0 Å². The molecule has 7 heteroatoms. The highest BCUT2D eigenvalue weighted by Crippen LogP contribution is 2.31. The molecule has 0 radical (unpaired) electrons. The summed E-state index contributed by atoms with van der Waals surface area (Å²) in [4.78, 5) is 15.9. The lowest BCUT2D eigenvalue weighted by atomic mass is 10.0. The summed E-state index contributed by atoms with van der Waals surface area (Å²) < 4.78 is 15.8. The second-order valence-electron chi connectivity index (χ2n) is 7.68. The van der Waals surface area contributed by atoms with E-state index in [2.05, 4.69) is 20.5 Å². The summed E-state index contributed by atoms with van der Waals surface area (Å²) >= 11 is 0. The average Bonchev–Trinajstić information content (AvgIpc) is 3.39. The maximum Gasteiger partial charge on any atom is 0.220 e. The van der Waals surface area contributed by atoms with Gasteiger partial charge in [-0.3, -0.25) is 9.20 Å². The van der Waals surface area contributed by atoms with Gasteiger partial charge in [0.1, 0.15) is 11.6 Å². The van der Waals surface area contributed by atoms with Crippen molar-refractivity contribution < 1.29 is 9.18 Å². The minimum Gasteiger partial charge on any atom is -0.356 e. The number of nitrogens with zero attached hydrogens (tertiary/aromatic N) is 3. The van der Waals surface area contributed by atoms with Crippen LogP contribution in [0, 0.1) is 5.82 Å². The number of pyridine rings is 1. The highest BCUT2D eigenvalue weighted by atomic mass is 19.1. The van der Waals surface area contributed by atoms with Crippen LogP contribution in [-0.2, 0) is 17.6 Å². The van der Waals surface area contributed by atoms with Crippen molar-refractivity contribution >= 4 is 22.5 Å². The van der Waals surface area contributed by atoms with Crippen LogP contribution in [0.15, 0.2) is 72.9 Å². The molecular formula is C25H22FN5O. The third-order valence-electron chi connectivity index (χ3n) is 5.59. The Kier molecular flexibility index (Phi) is 5.37. The fourth-order valence-electron chi connectivity index (χ4n) is 4.03. The zero-order chi connectivity index (χ0) is 21.9. The summed E-state index contributed by atoms with van der Waals surface area (Å²) in [6.07, 6.45) is 3.31. The van der Waals surface area contributed by atoms with Gasteiger partial charge in [-0.1, -0.05) is 36.4 Å². The quantitative estimate of drug-likeness (QED) is 0.406. The number of carbonyl (C=O) groups excluding carboxylic acids is 1. The Morgan fingerprint density at radius 2 is 1.84 bits per heavy atom. The molecule has 2 aromatic carbocycles. The molecule has 0 unspecified atom stereocenters. The molecule has 6 nitrogen and oxygen atoms in total. The number of hydrogen-bond acceptors (Lipinski definition) is 3. The minimum absolute atomic E-state index is 0.0522. The van der Waals surface area contributed by atoms with Crippen LogP contribution < -0.4 is 5.32 Å². The summed E-state index contributed by atoms with van der Waals surface area (Å²) in [7, 11) is 0. The van der Waals surface area contributed by atoms with Crippen molar-refractivity contribution in [3.05, 3.63) is 90.1 Å². The van der Waals surface area contributed by atoms with E-state index in [1.54, 1.807) is 6.07 Å². The van der Waals surface area contributed by atoms with Crippen LogP contribution in [0.2, 0.25) is 0 Å². The number of H-pyrrole nitrogens is 1. The first kappa shape index (κ1) is 19.9. The first-order chi connectivity index (χ1) is 15.7. The maximum atomic E-state index is 13.9. The zero-order valence-corrected chi connectivity index (χ0v) is 17.4. The first-order valence-electron chi connectivity index (χ1n) is 10.6. The van der Waals surface area contributed by atoms with Gasteiger partial charge in [-0.2, -0.15) is 0 Å². The molecule has 0 saturated heterocycles. The Balaban J connectivity index is 1.28. The molecule has 3 heterocycles. The van der Waals surface area contributed by atoms with Crippen molar-refractivity contribution in [2.75, 3.05) is 6.54 Å². The number of aromatic nitrogens is 4. The molecule has 2 N–H and O–H groups in total. The number of aryl methyl sites for hydroxylation is 1. The summed E-state index contributed by atoms with van der Waals surface area (Å²) in [5.41, 5.74) is 4.53. The molecule has 0 saturated carbocycles. The van der Waals surface area contributed by atoms with Crippen LogP contribution in [0.3, 0.4) is 0 Å². The molecular weight excluding hydrogens is 405 g/mol. The molecule has 5 aromatic rings. The van der Waals surface area contributed by atoms with Gasteiger partial charge in [0, 0.05) is 42.2 Å². The smallest absolute Gasteiger partial charge is 0.220 e. The number of hydrogen-bond donors (Lipinski definition) is 2. The largest absolute Gasteiger partial charge is 0.356 e. The number of amides is 1. The van der Waals surface area contributed by atoms with Gasteiger partial charge in [0.25, 0.3) is 0 Å². The second-order valence-corrected chi connectivity index (χ2v) is 7.68. The van der Waals surface area contributed by atoms with E-state index in [0.29, 0.717) is 25.8 Å². The van der Waals surface area contributed by atoms with Crippen LogP contribution in [-0.4, -0.2) is 32.0 Å². The molecule has 0 aliphatic carbocycles. The number of nitrogens with one attached hydrogen (secondary N) is 2. The predicted octanol–water partition coefficient (Wildman–Crippen LogP) is 4.31. The van der Waals surface area contributed by atoms with Crippen LogP contribution in [0.25, 0.3) is 27.8 Å². The number of rotatable bonds is 7.